The molecule has 23 heavy (non-hydrogen) atoms. The third kappa shape index (κ3) is 3.59. The van der Waals surface area contributed by atoms with Gasteiger partial charge < -0.3 is 9.64 Å². The third-order valence-electron chi connectivity index (χ3n) is 4.74. The Hall–Kier alpha value is -0.980. The number of likely N-dealkylation sites (tertiary alicyclic amines) is 1. The number of aromatic nitrogens is 1. The van der Waals surface area contributed by atoms with Gasteiger partial charge in [0.25, 0.3) is 5.91 Å². The summed E-state index contributed by atoms with van der Waals surface area (Å²) < 4.78 is 5.44. The summed E-state index contributed by atoms with van der Waals surface area (Å²) in [6, 6.07) is 0.448. The summed E-state index contributed by atoms with van der Waals surface area (Å²) in [5.41, 5.74) is 0.604. The molecule has 2 fully saturated rings. The number of nitrogens with zero attached hydrogens (tertiary/aromatic N) is 3. The molecule has 128 valence electrons. The smallest absolute Gasteiger partial charge is 0.273 e. The van der Waals surface area contributed by atoms with E-state index in [1.54, 1.807) is 11.3 Å². The predicted octanol–water partition coefficient (Wildman–Crippen LogP) is 2.23. The summed E-state index contributed by atoms with van der Waals surface area (Å²) in [7, 11) is 0. The van der Waals surface area contributed by atoms with E-state index in [0.717, 1.165) is 44.4 Å². The van der Waals surface area contributed by atoms with Crippen molar-refractivity contribution in [2.75, 3.05) is 39.4 Å². The molecule has 0 spiro atoms. The standard InChI is InChI=1S/C17H27N3O2S/c1-12-9-20(10-14(12)19-5-7-22-8-6-19)15(21)13-11-23-16(18-13)17(2,3)4/h11-12,14H,5-10H2,1-4H3/t12-,14-/m1/s1. The molecule has 0 bridgehead atoms. The second kappa shape index (κ2) is 6.49. The molecule has 1 aromatic heterocycles. The van der Waals surface area contributed by atoms with E-state index in [2.05, 4.69) is 37.6 Å². The number of morpholine rings is 1. The van der Waals surface area contributed by atoms with Crippen LogP contribution in [0.15, 0.2) is 5.38 Å². The molecule has 0 radical (unpaired) electrons. The average Bonchev–Trinajstić information content (AvgIpc) is 3.14. The molecular weight excluding hydrogens is 310 g/mol. The zero-order valence-corrected chi connectivity index (χ0v) is 15.4. The molecule has 2 aliphatic heterocycles. The first-order chi connectivity index (χ1) is 10.9. The van der Waals surface area contributed by atoms with E-state index >= 15 is 0 Å². The van der Waals surface area contributed by atoms with Gasteiger partial charge in [0.1, 0.15) is 5.69 Å². The summed E-state index contributed by atoms with van der Waals surface area (Å²) in [6.45, 7) is 13.8. The molecule has 0 saturated carbocycles. The van der Waals surface area contributed by atoms with E-state index < -0.39 is 0 Å². The Morgan fingerprint density at radius 1 is 1.30 bits per heavy atom. The lowest BCUT2D eigenvalue weighted by Gasteiger charge is -2.33. The van der Waals surface area contributed by atoms with E-state index in [4.69, 9.17) is 4.74 Å². The van der Waals surface area contributed by atoms with Crippen LogP contribution in [0.2, 0.25) is 0 Å². The first kappa shape index (κ1) is 16.9. The Balaban J connectivity index is 1.67. The van der Waals surface area contributed by atoms with Gasteiger partial charge in [-0.15, -0.1) is 11.3 Å². The van der Waals surface area contributed by atoms with Crippen molar-refractivity contribution in [2.24, 2.45) is 5.92 Å². The van der Waals surface area contributed by atoms with Crippen LogP contribution in [0, 0.1) is 5.92 Å². The van der Waals surface area contributed by atoms with E-state index in [1.165, 1.54) is 0 Å². The highest BCUT2D eigenvalue weighted by atomic mass is 32.1. The van der Waals surface area contributed by atoms with E-state index in [0.29, 0.717) is 17.7 Å². The van der Waals surface area contributed by atoms with Gasteiger partial charge in [-0.1, -0.05) is 27.7 Å². The maximum absolute atomic E-state index is 12.8. The fourth-order valence-corrected chi connectivity index (χ4v) is 4.26. The molecule has 0 N–H and O–H groups in total. The second-order valence-corrected chi connectivity index (χ2v) is 8.55. The molecular formula is C17H27N3O2S. The Kier molecular flexibility index (Phi) is 4.76. The predicted molar refractivity (Wildman–Crippen MR) is 92.1 cm³/mol. The highest BCUT2D eigenvalue weighted by molar-refractivity contribution is 7.10. The second-order valence-electron chi connectivity index (χ2n) is 7.69. The van der Waals surface area contributed by atoms with E-state index in [9.17, 15) is 4.79 Å². The van der Waals surface area contributed by atoms with Crippen LogP contribution < -0.4 is 0 Å². The maximum Gasteiger partial charge on any atom is 0.273 e. The number of hydrogen-bond donors (Lipinski definition) is 0. The number of hydrogen-bond acceptors (Lipinski definition) is 5. The van der Waals surface area contributed by atoms with Crippen LogP contribution in [0.1, 0.15) is 43.2 Å². The fourth-order valence-electron chi connectivity index (χ4n) is 3.38. The highest BCUT2D eigenvalue weighted by Gasteiger charge is 2.37. The molecule has 0 unspecified atom stereocenters. The Bertz CT molecular complexity index is 560. The molecule has 6 heteroatoms. The topological polar surface area (TPSA) is 45.7 Å². The van der Waals surface area contributed by atoms with Crippen molar-refractivity contribution in [3.63, 3.8) is 0 Å². The number of rotatable bonds is 2. The van der Waals surface area contributed by atoms with Crippen LogP contribution in [0.3, 0.4) is 0 Å². The monoisotopic (exact) mass is 337 g/mol. The van der Waals surface area contributed by atoms with Crippen molar-refractivity contribution in [3.05, 3.63) is 16.1 Å². The van der Waals surface area contributed by atoms with Crippen molar-refractivity contribution in [2.45, 2.75) is 39.2 Å². The lowest BCUT2D eigenvalue weighted by atomic mass is 9.98. The molecule has 1 aromatic rings. The lowest BCUT2D eigenvalue weighted by Crippen LogP contribution is -2.47. The van der Waals surface area contributed by atoms with Crippen molar-refractivity contribution in [1.29, 1.82) is 0 Å². The molecule has 3 heterocycles. The average molecular weight is 337 g/mol. The molecule has 3 rings (SSSR count). The van der Waals surface area contributed by atoms with Crippen LogP contribution in [0.25, 0.3) is 0 Å². The highest BCUT2D eigenvalue weighted by Crippen LogP contribution is 2.28. The van der Waals surface area contributed by atoms with Crippen molar-refractivity contribution >= 4 is 17.2 Å². The van der Waals surface area contributed by atoms with Crippen LogP contribution >= 0.6 is 11.3 Å². The van der Waals surface area contributed by atoms with E-state index in [1.807, 2.05) is 10.3 Å². The minimum Gasteiger partial charge on any atom is -0.379 e. The van der Waals surface area contributed by atoms with Gasteiger partial charge in [-0.3, -0.25) is 9.69 Å². The third-order valence-corrected chi connectivity index (χ3v) is 6.01. The van der Waals surface area contributed by atoms with E-state index in [-0.39, 0.29) is 11.3 Å². The molecule has 2 aliphatic rings. The van der Waals surface area contributed by atoms with Crippen LogP contribution in [0.5, 0.6) is 0 Å². The number of carbonyl (C=O) groups is 1. The van der Waals surface area contributed by atoms with Crippen molar-refractivity contribution in [1.82, 2.24) is 14.8 Å². The molecule has 2 atom stereocenters. The summed E-state index contributed by atoms with van der Waals surface area (Å²) in [4.78, 5) is 21.8. The van der Waals surface area contributed by atoms with Gasteiger partial charge >= 0.3 is 0 Å². The SMILES string of the molecule is C[C@@H]1CN(C(=O)c2csc(C(C)(C)C)n2)C[C@H]1N1CCOCC1. The van der Waals surface area contributed by atoms with Gasteiger partial charge in [-0.05, 0) is 5.92 Å². The first-order valence-corrected chi connectivity index (χ1v) is 9.31. The number of thiazole rings is 1. The lowest BCUT2D eigenvalue weighted by molar-refractivity contribution is 0.0119. The van der Waals surface area contributed by atoms with Gasteiger partial charge in [0.05, 0.1) is 18.2 Å². The van der Waals surface area contributed by atoms with Crippen LogP contribution in [-0.4, -0.2) is 66.1 Å². The van der Waals surface area contributed by atoms with Gasteiger partial charge in [0.15, 0.2) is 0 Å². The van der Waals surface area contributed by atoms with Gasteiger partial charge in [-0.2, -0.15) is 0 Å². The Morgan fingerprint density at radius 2 is 2.00 bits per heavy atom. The summed E-state index contributed by atoms with van der Waals surface area (Å²) in [5.74, 6) is 0.581. The molecule has 2 saturated heterocycles. The summed E-state index contributed by atoms with van der Waals surface area (Å²) in [5, 5.41) is 2.94. The maximum atomic E-state index is 12.8. The quantitative estimate of drug-likeness (QED) is 0.830. The first-order valence-electron chi connectivity index (χ1n) is 8.43. The molecule has 1 amide bonds. The van der Waals surface area contributed by atoms with Gasteiger partial charge in [0, 0.05) is 43.0 Å². The van der Waals surface area contributed by atoms with Crippen LogP contribution in [0.4, 0.5) is 0 Å². The van der Waals surface area contributed by atoms with Crippen molar-refractivity contribution in [3.8, 4) is 0 Å². The Morgan fingerprint density at radius 3 is 2.61 bits per heavy atom. The minimum absolute atomic E-state index is 0.00215. The largest absolute Gasteiger partial charge is 0.379 e. The number of amides is 1. The molecule has 0 aliphatic carbocycles. The number of carbonyl (C=O) groups excluding carboxylic acids is 1. The Labute approximate surface area is 142 Å². The zero-order chi connectivity index (χ0) is 16.6. The minimum atomic E-state index is -0.00215. The number of ether oxygens (including phenoxy) is 1. The van der Waals surface area contributed by atoms with Crippen LogP contribution in [-0.2, 0) is 10.2 Å². The summed E-state index contributed by atoms with van der Waals surface area (Å²) in [6.07, 6.45) is 0. The van der Waals surface area contributed by atoms with Crippen molar-refractivity contribution < 1.29 is 9.53 Å². The van der Waals surface area contributed by atoms with Gasteiger partial charge in [-0.25, -0.2) is 4.98 Å². The normalized spacial score (nSPS) is 26.7. The fraction of sp³-hybridized carbons (Fsp3) is 0.765. The van der Waals surface area contributed by atoms with Gasteiger partial charge in [0.2, 0.25) is 0 Å². The molecule has 0 aromatic carbocycles. The molecule has 5 nitrogen and oxygen atoms in total. The zero-order valence-electron chi connectivity index (χ0n) is 14.5. The summed E-state index contributed by atoms with van der Waals surface area (Å²) >= 11 is 1.59.